The molecule has 0 aliphatic carbocycles. The lowest BCUT2D eigenvalue weighted by molar-refractivity contribution is -0.161. The zero-order valence-corrected chi connectivity index (χ0v) is 38.2. The van der Waals surface area contributed by atoms with Crippen molar-refractivity contribution >= 4 is 27.6 Å². The molecule has 4 atom stereocenters. The quantitative estimate of drug-likeness (QED) is 0.0127. The number of unbranched alkanes of at least 4 members (excludes halogenated alkanes) is 15. The highest BCUT2D eigenvalue weighted by Crippen LogP contribution is 2.43. The molecule has 0 saturated heterocycles. The summed E-state index contributed by atoms with van der Waals surface area (Å²) in [6.07, 6.45) is 38.1. The topological polar surface area (TPSA) is 216 Å². The van der Waals surface area contributed by atoms with Crippen LogP contribution in [-0.4, -0.2) is 81.6 Å². The summed E-state index contributed by atoms with van der Waals surface area (Å²) in [5, 5.41) is 19.8. The Morgan fingerprint density at radius 1 is 0.550 bits per heavy atom. The summed E-state index contributed by atoms with van der Waals surface area (Å²) in [5.41, 5.74) is 0. The van der Waals surface area contributed by atoms with Gasteiger partial charge in [0.25, 0.3) is 0 Å². The smallest absolute Gasteiger partial charge is 0.462 e. The van der Waals surface area contributed by atoms with Crippen molar-refractivity contribution in [3.63, 3.8) is 0 Å². The summed E-state index contributed by atoms with van der Waals surface area (Å²) in [6.45, 7) is 1.56. The summed E-state index contributed by atoms with van der Waals surface area (Å²) in [6, 6.07) is 0. The zero-order valence-electron chi connectivity index (χ0n) is 36.4. The van der Waals surface area contributed by atoms with Crippen LogP contribution in [0.4, 0.5) is 0 Å². The molecular formula is C44H78O14P2. The van der Waals surface area contributed by atoms with Crippen LogP contribution in [0.2, 0.25) is 0 Å². The van der Waals surface area contributed by atoms with Gasteiger partial charge in [-0.05, 0) is 70.6 Å². The van der Waals surface area contributed by atoms with Crippen LogP contribution in [-0.2, 0) is 41.8 Å². The van der Waals surface area contributed by atoms with E-state index in [9.17, 15) is 33.8 Å². The number of allylic oxidation sites excluding steroid dienone is 8. The number of aliphatic hydroxyl groups is 2. The maximum atomic E-state index is 12.7. The van der Waals surface area contributed by atoms with Gasteiger partial charge in [-0.1, -0.05) is 139 Å². The lowest BCUT2D eigenvalue weighted by Gasteiger charge is -2.20. The Balaban J connectivity index is 4.67. The van der Waals surface area contributed by atoms with Gasteiger partial charge in [-0.3, -0.25) is 23.2 Å². The second-order valence-corrected chi connectivity index (χ2v) is 17.5. The number of hydrogen-bond donors (Lipinski definition) is 5. The monoisotopic (exact) mass is 892 g/mol. The van der Waals surface area contributed by atoms with Gasteiger partial charge < -0.3 is 34.4 Å². The molecule has 0 aromatic rings. The molecule has 0 amide bonds. The second-order valence-electron chi connectivity index (χ2n) is 14.8. The average Bonchev–Trinajstić information content (AvgIpc) is 3.20. The highest BCUT2D eigenvalue weighted by molar-refractivity contribution is 7.47. The maximum Gasteiger partial charge on any atom is 0.472 e. The molecule has 0 saturated carbocycles. The third-order valence-corrected chi connectivity index (χ3v) is 10.4. The van der Waals surface area contributed by atoms with Gasteiger partial charge in [0, 0.05) is 12.8 Å². The summed E-state index contributed by atoms with van der Waals surface area (Å²) < 4.78 is 47.7. The molecular weight excluding hydrogens is 814 g/mol. The van der Waals surface area contributed by atoms with E-state index in [0.29, 0.717) is 32.1 Å². The Labute approximate surface area is 360 Å². The van der Waals surface area contributed by atoms with Crippen molar-refractivity contribution < 1.29 is 66.7 Å². The Morgan fingerprint density at radius 2 is 1.07 bits per heavy atom. The van der Waals surface area contributed by atoms with Crippen LogP contribution in [0.1, 0.15) is 162 Å². The molecule has 16 heteroatoms. The fraction of sp³-hybridized carbons (Fsp3) is 0.727. The Morgan fingerprint density at radius 3 is 1.73 bits per heavy atom. The number of carbonyl (C=O) groups excluding carboxylic acids is 2. The summed E-state index contributed by atoms with van der Waals surface area (Å²) >= 11 is 0. The number of carbonyl (C=O) groups is 2. The van der Waals surface area contributed by atoms with Crippen LogP contribution >= 0.6 is 15.6 Å². The number of rotatable bonds is 41. The van der Waals surface area contributed by atoms with Gasteiger partial charge in [0.15, 0.2) is 6.10 Å². The molecule has 0 radical (unpaired) electrons. The first kappa shape index (κ1) is 57.8. The summed E-state index contributed by atoms with van der Waals surface area (Å²) in [7, 11) is -9.71. The van der Waals surface area contributed by atoms with E-state index in [1.165, 1.54) is 57.8 Å². The number of aliphatic hydroxyl groups excluding tert-OH is 2. The average molecular weight is 893 g/mol. The van der Waals surface area contributed by atoms with Crippen LogP contribution in [0, 0.1) is 0 Å². The van der Waals surface area contributed by atoms with Crippen molar-refractivity contribution in [1.82, 2.24) is 0 Å². The van der Waals surface area contributed by atoms with E-state index in [1.807, 2.05) is 36.5 Å². The van der Waals surface area contributed by atoms with E-state index in [0.717, 1.165) is 44.9 Å². The van der Waals surface area contributed by atoms with Crippen LogP contribution < -0.4 is 0 Å². The van der Waals surface area contributed by atoms with Gasteiger partial charge in [0.05, 0.1) is 25.9 Å². The molecule has 0 aliphatic heterocycles. The van der Waals surface area contributed by atoms with Crippen LogP contribution in [0.15, 0.2) is 60.8 Å². The van der Waals surface area contributed by atoms with E-state index in [4.69, 9.17) is 23.8 Å². The normalized spacial score (nSPS) is 15.1. The molecule has 0 bridgehead atoms. The van der Waals surface area contributed by atoms with E-state index < -0.39 is 72.3 Å². The van der Waals surface area contributed by atoms with E-state index >= 15 is 0 Å². The van der Waals surface area contributed by atoms with Gasteiger partial charge in [-0.2, -0.15) is 0 Å². The first-order chi connectivity index (χ1) is 28.8. The van der Waals surface area contributed by atoms with Gasteiger partial charge in [0.2, 0.25) is 0 Å². The van der Waals surface area contributed by atoms with Crippen LogP contribution in [0.25, 0.3) is 0 Å². The molecule has 0 aromatic carbocycles. The Kier molecular flexibility index (Phi) is 38.1. The fourth-order valence-electron chi connectivity index (χ4n) is 5.54. The van der Waals surface area contributed by atoms with Crippen molar-refractivity contribution in [2.75, 3.05) is 26.4 Å². The van der Waals surface area contributed by atoms with Crippen LogP contribution in [0.3, 0.4) is 0 Å². The summed E-state index contributed by atoms with van der Waals surface area (Å²) in [5.74, 6) is -1.14. The molecule has 0 aliphatic rings. The molecule has 348 valence electrons. The van der Waals surface area contributed by atoms with Gasteiger partial charge >= 0.3 is 27.6 Å². The van der Waals surface area contributed by atoms with Gasteiger partial charge in [-0.25, -0.2) is 9.13 Å². The third-order valence-electron chi connectivity index (χ3n) is 8.95. The Bertz CT molecular complexity index is 1310. The van der Waals surface area contributed by atoms with E-state index in [-0.39, 0.29) is 12.8 Å². The number of hydrogen-bond acceptors (Lipinski definition) is 11. The molecule has 5 N–H and O–H groups in total. The first-order valence-corrected chi connectivity index (χ1v) is 25.1. The van der Waals surface area contributed by atoms with Crippen molar-refractivity contribution in [3.05, 3.63) is 60.8 Å². The van der Waals surface area contributed by atoms with Crippen molar-refractivity contribution in [2.45, 2.75) is 180 Å². The minimum Gasteiger partial charge on any atom is -0.462 e. The minimum atomic E-state index is -4.88. The number of ether oxygens (including phenoxy) is 2. The SMILES string of the molecule is CCCCC/C=C\C[C@@H](O)/C=C/C=C\C/C=C\CCCC(=O)OC[C@H](COP(=O)(O)OC[C@@H](O)COP(=O)(O)O)OC(=O)CCCCCCCCC/C=C\CCCCCC. The largest absolute Gasteiger partial charge is 0.472 e. The zero-order chi connectivity index (χ0) is 44.6. The molecule has 0 rings (SSSR count). The van der Waals surface area contributed by atoms with Gasteiger partial charge in [0.1, 0.15) is 12.7 Å². The standard InChI is InChI=1S/C44H78O14P2/c1-3-5-7-9-11-12-13-14-15-16-17-18-23-27-31-35-44(48)58-42(39-57-60(52,53)56-37-41(46)36-55-59(49,50)51)38-54-43(47)34-30-26-22-20-19-21-25-29-33-40(45)32-28-24-10-8-6-4-2/h12-13,20-22,24-25,28-29,33,40-42,45-46H,3-11,14-19,23,26-27,30-32,34-39H2,1-2H3,(H,52,53)(H2,49,50,51)/b13-12-,22-20-,25-21-,28-24-,33-29+/t40-,41+,42-/m1/s1. The predicted molar refractivity (Wildman–Crippen MR) is 236 cm³/mol. The van der Waals surface area contributed by atoms with Crippen molar-refractivity contribution in [1.29, 1.82) is 0 Å². The Hall–Kier alpha value is -2.22. The molecule has 0 heterocycles. The molecule has 60 heavy (non-hydrogen) atoms. The number of esters is 2. The lowest BCUT2D eigenvalue weighted by atomic mass is 10.1. The van der Waals surface area contributed by atoms with E-state index in [2.05, 4.69) is 41.1 Å². The minimum absolute atomic E-state index is 0.0847. The third kappa shape index (κ3) is 42.5. The number of phosphoric ester groups is 2. The molecule has 1 unspecified atom stereocenters. The van der Waals surface area contributed by atoms with Gasteiger partial charge in [-0.15, -0.1) is 0 Å². The first-order valence-electron chi connectivity index (χ1n) is 22.1. The van der Waals surface area contributed by atoms with Crippen LogP contribution in [0.5, 0.6) is 0 Å². The molecule has 14 nitrogen and oxygen atoms in total. The van der Waals surface area contributed by atoms with Crippen molar-refractivity contribution in [2.24, 2.45) is 0 Å². The molecule has 0 spiro atoms. The fourth-order valence-corrected chi connectivity index (χ4v) is 6.69. The highest BCUT2D eigenvalue weighted by atomic mass is 31.2. The predicted octanol–water partition coefficient (Wildman–Crippen LogP) is 10.2. The number of phosphoric acid groups is 2. The summed E-state index contributed by atoms with van der Waals surface area (Å²) in [4.78, 5) is 52.7. The maximum absolute atomic E-state index is 12.7. The molecule has 0 fully saturated rings. The van der Waals surface area contributed by atoms with Crippen molar-refractivity contribution in [3.8, 4) is 0 Å². The van der Waals surface area contributed by atoms with E-state index in [1.54, 1.807) is 6.08 Å². The highest BCUT2D eigenvalue weighted by Gasteiger charge is 2.28. The molecule has 0 aromatic heterocycles. The second kappa shape index (κ2) is 39.6. The lowest BCUT2D eigenvalue weighted by Crippen LogP contribution is -2.30.